The number of aromatic nitrogens is 5. The van der Waals surface area contributed by atoms with Crippen LogP contribution in [0.4, 0.5) is 10.8 Å². The van der Waals surface area contributed by atoms with Gasteiger partial charge in [-0.3, -0.25) is 4.79 Å². The van der Waals surface area contributed by atoms with Crippen molar-refractivity contribution in [2.45, 2.75) is 6.92 Å². The molecule has 148 valence electrons. The lowest BCUT2D eigenvalue weighted by Crippen LogP contribution is -2.47. The number of anilines is 2. The van der Waals surface area contributed by atoms with E-state index in [4.69, 9.17) is 11.6 Å². The second kappa shape index (κ2) is 7.16. The van der Waals surface area contributed by atoms with Gasteiger partial charge in [-0.05, 0) is 19.1 Å². The summed E-state index contributed by atoms with van der Waals surface area (Å²) in [5.41, 5.74) is 2.02. The van der Waals surface area contributed by atoms with Gasteiger partial charge >= 0.3 is 0 Å². The molecule has 10 heteroatoms. The minimum Gasteiger partial charge on any atom is -0.365 e. The molecule has 1 aromatic carbocycles. The van der Waals surface area contributed by atoms with Gasteiger partial charge in [0, 0.05) is 26.2 Å². The van der Waals surface area contributed by atoms with Crippen molar-refractivity contribution in [1.29, 1.82) is 0 Å². The van der Waals surface area contributed by atoms with E-state index in [0.717, 1.165) is 42.0 Å². The van der Waals surface area contributed by atoms with Gasteiger partial charge in [0.1, 0.15) is 5.02 Å². The number of aryl methyl sites for hydroxylation is 1. The zero-order chi connectivity index (χ0) is 20.0. The molecule has 0 unspecified atom stereocenters. The zero-order valence-corrected chi connectivity index (χ0v) is 17.3. The van der Waals surface area contributed by atoms with Crippen LogP contribution in [0.1, 0.15) is 5.69 Å². The summed E-state index contributed by atoms with van der Waals surface area (Å²) in [4.78, 5) is 22.4. The molecule has 0 atom stereocenters. The van der Waals surface area contributed by atoms with Crippen molar-refractivity contribution in [3.05, 3.63) is 63.8 Å². The normalized spacial score (nSPS) is 14.7. The molecule has 0 radical (unpaired) electrons. The van der Waals surface area contributed by atoms with E-state index >= 15 is 0 Å². The van der Waals surface area contributed by atoms with Crippen molar-refractivity contribution in [2.24, 2.45) is 0 Å². The van der Waals surface area contributed by atoms with Crippen molar-refractivity contribution in [3.63, 3.8) is 0 Å². The minimum atomic E-state index is -0.311. The van der Waals surface area contributed by atoms with Gasteiger partial charge in [0.25, 0.3) is 5.56 Å². The molecule has 8 nitrogen and oxygen atoms in total. The molecule has 3 aromatic heterocycles. The predicted molar refractivity (Wildman–Crippen MR) is 115 cm³/mol. The van der Waals surface area contributed by atoms with Gasteiger partial charge in [-0.2, -0.15) is 9.78 Å². The Balaban J connectivity index is 1.34. The Kier molecular flexibility index (Phi) is 4.48. The molecular formula is C19H18ClN7OS. The Hall–Kier alpha value is -2.91. The number of para-hydroxylation sites is 1. The van der Waals surface area contributed by atoms with Gasteiger partial charge in [-0.15, -0.1) is 5.10 Å². The first-order valence-electron chi connectivity index (χ1n) is 9.26. The highest BCUT2D eigenvalue weighted by atomic mass is 35.5. The molecule has 0 amide bonds. The van der Waals surface area contributed by atoms with E-state index in [0.29, 0.717) is 11.4 Å². The topological polar surface area (TPSA) is 71.6 Å². The lowest BCUT2D eigenvalue weighted by Gasteiger charge is -2.35. The number of rotatable bonds is 3. The van der Waals surface area contributed by atoms with E-state index in [-0.39, 0.29) is 10.6 Å². The maximum absolute atomic E-state index is 12.7. The van der Waals surface area contributed by atoms with E-state index in [1.54, 1.807) is 17.5 Å². The van der Waals surface area contributed by atoms with E-state index in [1.807, 2.05) is 48.0 Å². The van der Waals surface area contributed by atoms with Gasteiger partial charge in [-0.25, -0.2) is 9.50 Å². The van der Waals surface area contributed by atoms with Crippen molar-refractivity contribution < 1.29 is 0 Å². The molecule has 1 saturated heterocycles. The number of imidazole rings is 1. The largest absolute Gasteiger partial charge is 0.365 e. The number of halogens is 1. The molecule has 1 aliphatic rings. The quantitative estimate of drug-likeness (QED) is 0.500. The van der Waals surface area contributed by atoms with Gasteiger partial charge < -0.3 is 9.80 Å². The maximum atomic E-state index is 12.7. The summed E-state index contributed by atoms with van der Waals surface area (Å²) in [7, 11) is 0. The summed E-state index contributed by atoms with van der Waals surface area (Å²) >= 11 is 8.02. The Bertz CT molecular complexity index is 1190. The van der Waals surface area contributed by atoms with Crippen LogP contribution in [0.2, 0.25) is 5.02 Å². The highest BCUT2D eigenvalue weighted by Crippen LogP contribution is 2.27. The fraction of sp³-hybridized carbons (Fsp3) is 0.263. The second-order valence-corrected chi connectivity index (χ2v) is 8.18. The molecule has 4 aromatic rings. The average molecular weight is 428 g/mol. The van der Waals surface area contributed by atoms with E-state index in [2.05, 4.69) is 25.0 Å². The van der Waals surface area contributed by atoms with Crippen LogP contribution in [0.3, 0.4) is 0 Å². The van der Waals surface area contributed by atoms with E-state index in [1.165, 1.54) is 4.68 Å². The molecule has 0 aliphatic carbocycles. The summed E-state index contributed by atoms with van der Waals surface area (Å²) in [6.45, 7) is 5.00. The zero-order valence-electron chi connectivity index (χ0n) is 15.7. The van der Waals surface area contributed by atoms with Gasteiger partial charge in [0.15, 0.2) is 0 Å². The standard InChI is InChI=1S/C19H18ClN7OS/c1-13-12-26-18(22-13)29-19(23-26)25-9-7-24(8-10-25)15-11-21-27(17(28)16(15)20)14-5-3-2-4-6-14/h2-6,11-12H,7-10H2,1H3. The van der Waals surface area contributed by atoms with Crippen LogP contribution in [0.5, 0.6) is 0 Å². The first-order chi connectivity index (χ1) is 14.1. The smallest absolute Gasteiger partial charge is 0.292 e. The number of hydrogen-bond acceptors (Lipinski definition) is 7. The van der Waals surface area contributed by atoms with E-state index < -0.39 is 0 Å². The Morgan fingerprint density at radius 1 is 1.07 bits per heavy atom. The monoisotopic (exact) mass is 427 g/mol. The SMILES string of the molecule is Cc1cn2nc(N3CCN(c4cnn(-c5ccccc5)c(=O)c4Cl)CC3)sc2n1. The fourth-order valence-electron chi connectivity index (χ4n) is 3.46. The van der Waals surface area contributed by atoms with Crippen LogP contribution < -0.4 is 15.4 Å². The molecule has 0 N–H and O–H groups in total. The lowest BCUT2D eigenvalue weighted by atomic mass is 10.3. The van der Waals surface area contributed by atoms with Crippen molar-refractivity contribution in [1.82, 2.24) is 24.4 Å². The molecule has 0 saturated carbocycles. The third-order valence-corrected chi connectivity index (χ3v) is 6.28. The van der Waals surface area contributed by atoms with Crippen LogP contribution >= 0.6 is 22.9 Å². The first-order valence-corrected chi connectivity index (χ1v) is 10.5. The van der Waals surface area contributed by atoms with Gasteiger partial charge in [0.05, 0.1) is 29.5 Å². The molecule has 0 spiro atoms. The van der Waals surface area contributed by atoms with Crippen molar-refractivity contribution >= 4 is 38.7 Å². The predicted octanol–water partition coefficient (Wildman–Crippen LogP) is 2.63. The molecule has 5 rings (SSSR count). The molecule has 1 fully saturated rings. The van der Waals surface area contributed by atoms with Crippen LogP contribution in [-0.2, 0) is 0 Å². The molecule has 1 aliphatic heterocycles. The maximum Gasteiger partial charge on any atom is 0.292 e. The summed E-state index contributed by atoms with van der Waals surface area (Å²) in [6.07, 6.45) is 3.60. The van der Waals surface area contributed by atoms with Crippen molar-refractivity contribution in [3.8, 4) is 5.69 Å². The molecular weight excluding hydrogens is 410 g/mol. The number of nitrogens with zero attached hydrogens (tertiary/aromatic N) is 7. The molecule has 29 heavy (non-hydrogen) atoms. The Morgan fingerprint density at radius 2 is 1.79 bits per heavy atom. The van der Waals surface area contributed by atoms with Gasteiger partial charge in [-0.1, -0.05) is 41.1 Å². The fourth-order valence-corrected chi connectivity index (χ4v) is 4.69. The van der Waals surface area contributed by atoms with Crippen LogP contribution in [0.15, 0.2) is 47.5 Å². The number of hydrogen-bond donors (Lipinski definition) is 0. The summed E-state index contributed by atoms with van der Waals surface area (Å²) in [5.74, 6) is 0. The first kappa shape index (κ1) is 18.1. The number of benzene rings is 1. The van der Waals surface area contributed by atoms with E-state index in [9.17, 15) is 4.79 Å². The molecule has 4 heterocycles. The third kappa shape index (κ3) is 3.26. The Morgan fingerprint density at radius 3 is 2.52 bits per heavy atom. The van der Waals surface area contributed by atoms with Crippen molar-refractivity contribution in [2.75, 3.05) is 36.0 Å². The van der Waals surface area contributed by atoms with Crippen LogP contribution in [0.25, 0.3) is 10.6 Å². The van der Waals surface area contributed by atoms with Gasteiger partial charge in [0.2, 0.25) is 10.1 Å². The third-order valence-electron chi connectivity index (χ3n) is 4.95. The number of fused-ring (bicyclic) bond motifs is 1. The summed E-state index contributed by atoms with van der Waals surface area (Å²) in [5, 5.41) is 10.1. The summed E-state index contributed by atoms with van der Waals surface area (Å²) < 4.78 is 3.15. The molecule has 0 bridgehead atoms. The average Bonchev–Trinajstić information content (AvgIpc) is 3.28. The minimum absolute atomic E-state index is 0.195. The summed E-state index contributed by atoms with van der Waals surface area (Å²) in [6, 6.07) is 9.28. The Labute approximate surface area is 175 Å². The second-order valence-electron chi connectivity index (χ2n) is 6.86. The highest BCUT2D eigenvalue weighted by molar-refractivity contribution is 7.20. The number of piperazine rings is 1. The highest BCUT2D eigenvalue weighted by Gasteiger charge is 2.23. The van der Waals surface area contributed by atoms with Crippen LogP contribution in [0, 0.1) is 6.92 Å². The van der Waals surface area contributed by atoms with Crippen LogP contribution in [-0.4, -0.2) is 50.6 Å². The lowest BCUT2D eigenvalue weighted by molar-refractivity contribution is 0.644.